The first-order chi connectivity index (χ1) is 9.78. The van der Waals surface area contributed by atoms with E-state index in [-0.39, 0.29) is 0 Å². The zero-order chi connectivity index (χ0) is 17.1. The van der Waals surface area contributed by atoms with Crippen molar-refractivity contribution in [2.75, 3.05) is 0 Å². The third-order valence-corrected chi connectivity index (χ3v) is 2.93. The van der Waals surface area contributed by atoms with Gasteiger partial charge in [-0.1, -0.05) is 25.5 Å². The van der Waals surface area contributed by atoms with Gasteiger partial charge in [0, 0.05) is 17.5 Å². The van der Waals surface area contributed by atoms with Crippen LogP contribution in [-0.2, 0) is 13.5 Å². The Kier molecular flexibility index (Phi) is 4.83. The van der Waals surface area contributed by atoms with E-state index < -0.39 is 7.81 Å². The number of nitrogens with zero attached hydrogens (tertiary/aromatic N) is 1. The molecule has 0 radical (unpaired) electrons. The first-order valence-corrected chi connectivity index (χ1v) is 8.73. The maximum atomic E-state index is 9.87. The molecule has 8 heteroatoms. The van der Waals surface area contributed by atoms with Crippen LogP contribution < -0.4 is 4.57 Å². The average Bonchev–Trinajstić information content (AvgIpc) is 2.35. The molecular weight excluding hydrogens is 327 g/mol. The Balaban J connectivity index is 0.000000295. The fourth-order valence-electron chi connectivity index (χ4n) is 2.01. The van der Waals surface area contributed by atoms with Crippen molar-refractivity contribution >= 4 is 18.7 Å². The maximum absolute atomic E-state index is 10.7. The molecule has 1 aromatic heterocycles. The van der Waals surface area contributed by atoms with Gasteiger partial charge in [0.1, 0.15) is 7.05 Å². The fraction of sp³-hybridized carbons (Fsp3) is 0.357. The van der Waals surface area contributed by atoms with E-state index in [4.69, 9.17) is 0 Å². The van der Waals surface area contributed by atoms with Gasteiger partial charge in [-0.3, -0.25) is 0 Å². The van der Waals surface area contributed by atoms with Crippen molar-refractivity contribution in [2.45, 2.75) is 26.2 Å². The Labute approximate surface area is 124 Å². The van der Waals surface area contributed by atoms with Crippen LogP contribution in [-0.4, -0.2) is 0 Å². The van der Waals surface area contributed by atoms with Crippen molar-refractivity contribution in [1.29, 1.82) is 0 Å². The molecule has 126 valence electrons. The number of hydrogen-bond acceptors (Lipinski definition) is 0. The second-order valence-corrected chi connectivity index (χ2v) is 6.95. The Morgan fingerprint density at radius 2 is 1.50 bits per heavy atom. The van der Waals surface area contributed by atoms with Gasteiger partial charge in [-0.2, -0.15) is 0 Å². The van der Waals surface area contributed by atoms with Crippen LogP contribution in [0, 0.1) is 0 Å². The van der Waals surface area contributed by atoms with Crippen LogP contribution in [0.5, 0.6) is 0 Å². The van der Waals surface area contributed by atoms with E-state index in [1.165, 1.54) is 35.7 Å². The number of aromatic nitrogens is 1. The van der Waals surface area contributed by atoms with Crippen molar-refractivity contribution < 1.29 is 29.7 Å². The first kappa shape index (κ1) is 18.7. The number of unbranched alkanes of at least 4 members (excludes halogenated alkanes) is 1. The molecule has 2 aromatic rings. The van der Waals surface area contributed by atoms with Crippen molar-refractivity contribution in [2.24, 2.45) is 7.05 Å². The summed E-state index contributed by atoms with van der Waals surface area (Å²) in [5, 5.41) is 1.40. The molecule has 0 aliphatic heterocycles. The van der Waals surface area contributed by atoms with Crippen LogP contribution in [0.2, 0.25) is 0 Å². The number of rotatable bonds is 3. The predicted octanol–water partition coefficient (Wildman–Crippen LogP) is 6.39. The van der Waals surface area contributed by atoms with E-state index >= 15 is 0 Å². The van der Waals surface area contributed by atoms with E-state index in [0.717, 1.165) is 0 Å². The summed E-state index contributed by atoms with van der Waals surface area (Å²) >= 11 is 0. The van der Waals surface area contributed by atoms with Crippen LogP contribution in [0.1, 0.15) is 25.3 Å². The molecule has 1 aromatic carbocycles. The van der Waals surface area contributed by atoms with E-state index in [1.807, 2.05) is 0 Å². The molecule has 0 N–H and O–H groups in total. The van der Waals surface area contributed by atoms with Crippen LogP contribution in [0.3, 0.4) is 0 Å². The van der Waals surface area contributed by atoms with Gasteiger partial charge in [-0.15, -0.1) is 0 Å². The number of fused-ring (bicyclic) bond motifs is 1. The molecule has 22 heavy (non-hydrogen) atoms. The number of pyridine rings is 1. The number of hydrogen-bond donors (Lipinski definition) is 0. The molecule has 0 saturated carbocycles. The predicted molar refractivity (Wildman–Crippen MR) is 77.3 cm³/mol. The molecule has 0 unspecified atom stereocenters. The van der Waals surface area contributed by atoms with E-state index in [2.05, 4.69) is 55.1 Å². The molecular formula is C14H18F6NP. The van der Waals surface area contributed by atoms with Crippen LogP contribution in [0.4, 0.5) is 25.2 Å². The Morgan fingerprint density at radius 1 is 0.955 bits per heavy atom. The Bertz CT molecular complexity index is 639. The summed E-state index contributed by atoms with van der Waals surface area (Å²) in [5.41, 5.74) is 2.80. The van der Waals surface area contributed by atoms with Gasteiger partial charge in [0.05, 0.1) is 0 Å². The van der Waals surface area contributed by atoms with Crippen molar-refractivity contribution in [1.82, 2.24) is 0 Å². The molecule has 2 rings (SSSR count). The molecule has 0 aliphatic carbocycles. The standard InChI is InChI=1S/C14H18N.F6P/c1-3-4-7-12-10-11-15(2)14-9-6-5-8-13(12)14;1-7(2,3,4,5)6/h5-6,8-11H,3-4,7H2,1-2H3;/q+1;-1. The molecule has 0 aliphatic rings. The Hall–Kier alpha value is -1.36. The second kappa shape index (κ2) is 5.69. The molecule has 0 saturated heterocycles. The van der Waals surface area contributed by atoms with Crippen LogP contribution in [0.25, 0.3) is 10.9 Å². The summed E-state index contributed by atoms with van der Waals surface area (Å²) in [7, 11) is -8.55. The van der Waals surface area contributed by atoms with Crippen LogP contribution in [0.15, 0.2) is 36.5 Å². The minimum absolute atomic E-state index is 1.19. The molecule has 0 atom stereocenters. The summed E-state index contributed by atoms with van der Waals surface area (Å²) < 4.78 is 61.4. The molecule has 0 spiro atoms. The third-order valence-electron chi connectivity index (χ3n) is 2.93. The van der Waals surface area contributed by atoms with Crippen molar-refractivity contribution in [3.05, 3.63) is 42.1 Å². The molecule has 0 bridgehead atoms. The number of benzene rings is 1. The summed E-state index contributed by atoms with van der Waals surface area (Å²) in [4.78, 5) is 0. The van der Waals surface area contributed by atoms with Gasteiger partial charge >= 0.3 is 33.0 Å². The second-order valence-electron chi connectivity index (χ2n) is 5.03. The molecule has 0 amide bonds. The average molecular weight is 345 g/mol. The zero-order valence-electron chi connectivity index (χ0n) is 12.2. The number of para-hydroxylation sites is 1. The summed E-state index contributed by atoms with van der Waals surface area (Å²) in [6, 6.07) is 10.9. The van der Waals surface area contributed by atoms with Gasteiger partial charge in [0.2, 0.25) is 5.52 Å². The summed E-state index contributed by atoms with van der Waals surface area (Å²) in [5.74, 6) is 0. The first-order valence-electron chi connectivity index (χ1n) is 6.70. The van der Waals surface area contributed by atoms with Gasteiger partial charge in [-0.25, -0.2) is 4.57 Å². The van der Waals surface area contributed by atoms with E-state index in [1.54, 1.807) is 0 Å². The van der Waals surface area contributed by atoms with Crippen molar-refractivity contribution in [3.63, 3.8) is 0 Å². The summed E-state index contributed by atoms with van der Waals surface area (Å²) in [6.07, 6.45) is 5.89. The molecule has 1 heterocycles. The van der Waals surface area contributed by atoms with Crippen molar-refractivity contribution in [3.8, 4) is 0 Å². The SMILES string of the molecule is CCCCc1cc[n+](C)c2ccccc12.F[P-](F)(F)(F)(F)F. The van der Waals surface area contributed by atoms with Gasteiger partial charge < -0.3 is 0 Å². The zero-order valence-corrected chi connectivity index (χ0v) is 13.1. The van der Waals surface area contributed by atoms with Gasteiger partial charge in [0.15, 0.2) is 6.20 Å². The van der Waals surface area contributed by atoms with E-state index in [9.17, 15) is 25.2 Å². The fourth-order valence-corrected chi connectivity index (χ4v) is 2.01. The minimum atomic E-state index is -10.7. The van der Waals surface area contributed by atoms with E-state index in [0.29, 0.717) is 0 Å². The van der Waals surface area contributed by atoms with Gasteiger partial charge in [-0.05, 0) is 24.5 Å². The number of halogens is 6. The number of aryl methyl sites for hydroxylation is 2. The molecule has 1 nitrogen and oxygen atoms in total. The summed E-state index contributed by atoms with van der Waals surface area (Å²) in [6.45, 7) is 2.24. The topological polar surface area (TPSA) is 3.88 Å². The molecule has 0 fully saturated rings. The van der Waals surface area contributed by atoms with Crippen LogP contribution >= 0.6 is 7.81 Å². The quantitative estimate of drug-likeness (QED) is 0.345. The monoisotopic (exact) mass is 345 g/mol. The normalized spacial score (nSPS) is 14.7. The van der Waals surface area contributed by atoms with Gasteiger partial charge in [0.25, 0.3) is 0 Å². The third kappa shape index (κ3) is 8.17. The Morgan fingerprint density at radius 3 is 2.05 bits per heavy atom.